The minimum atomic E-state index is -0.398. The van der Waals surface area contributed by atoms with E-state index >= 15 is 0 Å². The van der Waals surface area contributed by atoms with Crippen molar-refractivity contribution in [1.82, 2.24) is 19.9 Å². The van der Waals surface area contributed by atoms with Crippen LogP contribution in [0.1, 0.15) is 29.9 Å². The molecule has 0 aromatic carbocycles. The Kier molecular flexibility index (Phi) is 4.12. The van der Waals surface area contributed by atoms with E-state index in [0.717, 1.165) is 0 Å². The summed E-state index contributed by atoms with van der Waals surface area (Å²) < 4.78 is 4.97. The van der Waals surface area contributed by atoms with Gasteiger partial charge in [-0.1, -0.05) is 6.92 Å². The second-order valence-electron chi connectivity index (χ2n) is 3.72. The van der Waals surface area contributed by atoms with Gasteiger partial charge in [0.15, 0.2) is 5.82 Å². The average Bonchev–Trinajstić information content (AvgIpc) is 2.47. The van der Waals surface area contributed by atoms with Crippen molar-refractivity contribution in [3.05, 3.63) is 36.0 Å². The maximum absolute atomic E-state index is 11.7. The first kappa shape index (κ1) is 13.1. The lowest BCUT2D eigenvalue weighted by molar-refractivity contribution is 0.0524. The Morgan fingerprint density at radius 3 is 2.68 bits per heavy atom. The van der Waals surface area contributed by atoms with E-state index in [2.05, 4.69) is 19.9 Å². The van der Waals surface area contributed by atoms with Gasteiger partial charge in [-0.3, -0.25) is 4.98 Å². The number of aryl methyl sites for hydroxylation is 1. The van der Waals surface area contributed by atoms with Crippen molar-refractivity contribution in [2.24, 2.45) is 0 Å². The van der Waals surface area contributed by atoms with Gasteiger partial charge in [0, 0.05) is 18.6 Å². The Labute approximate surface area is 110 Å². The summed E-state index contributed by atoms with van der Waals surface area (Å²) >= 11 is 0. The molecule has 0 saturated heterocycles. The number of nitrogens with zero attached hydrogens (tertiary/aromatic N) is 4. The molecule has 0 aliphatic heterocycles. The first-order valence-electron chi connectivity index (χ1n) is 6.05. The molecule has 0 amide bonds. The summed E-state index contributed by atoms with van der Waals surface area (Å²) in [6.45, 7) is 4.01. The molecule has 0 fully saturated rings. The lowest BCUT2D eigenvalue weighted by Crippen LogP contribution is -2.11. The van der Waals surface area contributed by atoms with Gasteiger partial charge in [-0.05, 0) is 13.3 Å². The van der Waals surface area contributed by atoms with E-state index in [1.165, 1.54) is 6.20 Å². The number of rotatable bonds is 4. The number of hydrogen-bond donors (Lipinski definition) is 0. The minimum Gasteiger partial charge on any atom is -0.462 e. The summed E-state index contributed by atoms with van der Waals surface area (Å²) in [6.07, 6.45) is 6.83. The summed E-state index contributed by atoms with van der Waals surface area (Å²) in [6, 6.07) is 0. The van der Waals surface area contributed by atoms with Crippen LogP contribution in [0.25, 0.3) is 11.5 Å². The molecule has 2 heterocycles. The molecule has 0 atom stereocenters. The Balaban J connectivity index is 2.39. The number of carbonyl (C=O) groups excluding carboxylic acids is 1. The molecule has 0 aliphatic carbocycles. The number of esters is 1. The van der Waals surface area contributed by atoms with Crippen LogP contribution in [-0.2, 0) is 11.2 Å². The van der Waals surface area contributed by atoms with Crippen LogP contribution in [0.3, 0.4) is 0 Å². The molecule has 0 saturated carbocycles. The summed E-state index contributed by atoms with van der Waals surface area (Å²) in [4.78, 5) is 28.3. The lowest BCUT2D eigenvalue weighted by atomic mass is 10.2. The van der Waals surface area contributed by atoms with Crippen LogP contribution in [-0.4, -0.2) is 32.5 Å². The van der Waals surface area contributed by atoms with E-state index in [9.17, 15) is 4.79 Å². The van der Waals surface area contributed by atoms with Crippen molar-refractivity contribution in [3.8, 4) is 11.5 Å². The highest BCUT2D eigenvalue weighted by Crippen LogP contribution is 2.14. The first-order chi connectivity index (χ1) is 9.26. The molecule has 0 N–H and O–H groups in total. The fourth-order valence-corrected chi connectivity index (χ4v) is 1.60. The third-order valence-electron chi connectivity index (χ3n) is 2.49. The fourth-order valence-electron chi connectivity index (χ4n) is 1.60. The maximum Gasteiger partial charge on any atom is 0.341 e. The van der Waals surface area contributed by atoms with Crippen molar-refractivity contribution in [2.45, 2.75) is 20.3 Å². The quantitative estimate of drug-likeness (QED) is 0.776. The predicted octanol–water partition coefficient (Wildman–Crippen LogP) is 1.67. The normalized spacial score (nSPS) is 10.2. The summed E-state index contributed by atoms with van der Waals surface area (Å²) in [5, 5.41) is 0. The van der Waals surface area contributed by atoms with E-state index in [1.807, 2.05) is 6.92 Å². The predicted molar refractivity (Wildman–Crippen MR) is 68.4 cm³/mol. The molecule has 0 spiro atoms. The third kappa shape index (κ3) is 2.90. The molecule has 0 unspecified atom stereocenters. The zero-order valence-corrected chi connectivity index (χ0v) is 10.8. The Hall–Kier alpha value is -2.37. The molecule has 2 aromatic rings. The van der Waals surface area contributed by atoms with Crippen molar-refractivity contribution in [2.75, 3.05) is 6.61 Å². The number of ether oxygens (including phenoxy) is 1. The van der Waals surface area contributed by atoms with E-state index in [0.29, 0.717) is 35.8 Å². The molecule has 0 radical (unpaired) electrons. The summed E-state index contributed by atoms with van der Waals surface area (Å²) in [5.74, 6) is 0.0584. The van der Waals surface area contributed by atoms with Gasteiger partial charge < -0.3 is 4.74 Å². The molecule has 6 nitrogen and oxygen atoms in total. The van der Waals surface area contributed by atoms with Crippen LogP contribution in [0, 0.1) is 0 Å². The van der Waals surface area contributed by atoms with Crippen LogP contribution in [0.4, 0.5) is 0 Å². The number of aromatic nitrogens is 4. The molecule has 6 heteroatoms. The summed E-state index contributed by atoms with van der Waals surface area (Å²) in [5.41, 5.74) is 1.62. The van der Waals surface area contributed by atoms with Gasteiger partial charge in [0.25, 0.3) is 0 Å². The molecular formula is C13H14N4O2. The summed E-state index contributed by atoms with van der Waals surface area (Å²) in [7, 11) is 0. The highest BCUT2D eigenvalue weighted by molar-refractivity contribution is 5.90. The van der Waals surface area contributed by atoms with Crippen molar-refractivity contribution in [3.63, 3.8) is 0 Å². The zero-order valence-electron chi connectivity index (χ0n) is 10.8. The second-order valence-corrected chi connectivity index (χ2v) is 3.72. The van der Waals surface area contributed by atoms with E-state index < -0.39 is 5.97 Å². The monoisotopic (exact) mass is 258 g/mol. The van der Waals surface area contributed by atoms with Crippen molar-refractivity contribution >= 4 is 5.97 Å². The van der Waals surface area contributed by atoms with Gasteiger partial charge in [0.05, 0.1) is 24.1 Å². The zero-order chi connectivity index (χ0) is 13.7. The average molecular weight is 258 g/mol. The topological polar surface area (TPSA) is 77.9 Å². The van der Waals surface area contributed by atoms with Crippen molar-refractivity contribution < 1.29 is 9.53 Å². The standard InChI is InChI=1S/C13H14N4O2/c1-3-10-9(13(18)19-4-2)7-16-12(17-10)11-8-14-5-6-15-11/h5-8H,3-4H2,1-2H3. The van der Waals surface area contributed by atoms with Gasteiger partial charge in [-0.25, -0.2) is 19.7 Å². The largest absolute Gasteiger partial charge is 0.462 e. The van der Waals surface area contributed by atoms with Crippen LogP contribution in [0.5, 0.6) is 0 Å². The Morgan fingerprint density at radius 2 is 2.05 bits per heavy atom. The van der Waals surface area contributed by atoms with Gasteiger partial charge in [0.1, 0.15) is 5.69 Å². The first-order valence-corrected chi connectivity index (χ1v) is 6.05. The SMILES string of the molecule is CCOC(=O)c1cnc(-c2cnccn2)nc1CC. The number of carbonyl (C=O) groups is 1. The highest BCUT2D eigenvalue weighted by atomic mass is 16.5. The molecular weight excluding hydrogens is 244 g/mol. The maximum atomic E-state index is 11.7. The highest BCUT2D eigenvalue weighted by Gasteiger charge is 2.15. The third-order valence-corrected chi connectivity index (χ3v) is 2.49. The number of hydrogen-bond acceptors (Lipinski definition) is 6. The van der Waals surface area contributed by atoms with E-state index in [1.54, 1.807) is 25.5 Å². The minimum absolute atomic E-state index is 0.327. The second kappa shape index (κ2) is 5.99. The van der Waals surface area contributed by atoms with Gasteiger partial charge in [0.2, 0.25) is 0 Å². The molecule has 98 valence electrons. The Morgan fingerprint density at radius 1 is 1.21 bits per heavy atom. The van der Waals surface area contributed by atoms with Gasteiger partial charge in [-0.15, -0.1) is 0 Å². The van der Waals surface area contributed by atoms with Crippen LogP contribution < -0.4 is 0 Å². The fraction of sp³-hybridized carbons (Fsp3) is 0.308. The van der Waals surface area contributed by atoms with Gasteiger partial charge in [-0.2, -0.15) is 0 Å². The molecule has 0 aliphatic rings. The van der Waals surface area contributed by atoms with Crippen LogP contribution in [0.2, 0.25) is 0 Å². The van der Waals surface area contributed by atoms with E-state index in [4.69, 9.17) is 4.74 Å². The molecule has 2 rings (SSSR count). The Bertz CT molecular complexity index is 572. The molecule has 2 aromatic heterocycles. The van der Waals surface area contributed by atoms with Crippen LogP contribution in [0.15, 0.2) is 24.8 Å². The van der Waals surface area contributed by atoms with Crippen LogP contribution >= 0.6 is 0 Å². The van der Waals surface area contributed by atoms with E-state index in [-0.39, 0.29) is 0 Å². The molecule has 0 bridgehead atoms. The molecule has 19 heavy (non-hydrogen) atoms. The lowest BCUT2D eigenvalue weighted by Gasteiger charge is -2.07. The van der Waals surface area contributed by atoms with Gasteiger partial charge >= 0.3 is 5.97 Å². The smallest absolute Gasteiger partial charge is 0.341 e. The van der Waals surface area contributed by atoms with Crippen molar-refractivity contribution in [1.29, 1.82) is 0 Å².